The standard InChI is InChI=1S/C17H24F2N2O3/c1-12(23-9-8-22-2)21-10-13(6-7-14(11-21)24-20)15-4-3-5-16(18)17(15)19/h3-5,13-14H,1,6-11,20H2,2H3/t13-,14-/m1/s1. The number of nitrogens with zero attached hydrogens (tertiary/aromatic N) is 1. The van der Waals surface area contributed by atoms with Gasteiger partial charge in [0, 0.05) is 26.1 Å². The SMILES string of the molecule is C=C(OCCOC)N1C[C@H](ON)CC[C@@H](c2cccc(F)c2F)C1. The third-order valence-corrected chi connectivity index (χ3v) is 4.22. The molecule has 0 amide bonds. The van der Waals surface area contributed by atoms with Crippen LogP contribution in [0.4, 0.5) is 8.78 Å². The first-order valence-corrected chi connectivity index (χ1v) is 7.91. The molecule has 2 atom stereocenters. The number of methoxy groups -OCH3 is 1. The smallest absolute Gasteiger partial charge is 0.181 e. The summed E-state index contributed by atoms with van der Waals surface area (Å²) in [6.45, 7) is 5.64. The minimum Gasteiger partial charge on any atom is -0.477 e. The molecule has 1 heterocycles. The minimum atomic E-state index is -0.843. The zero-order valence-corrected chi connectivity index (χ0v) is 13.8. The van der Waals surface area contributed by atoms with Crippen molar-refractivity contribution >= 4 is 0 Å². The first kappa shape index (κ1) is 18.6. The Labute approximate surface area is 140 Å². The third-order valence-electron chi connectivity index (χ3n) is 4.22. The van der Waals surface area contributed by atoms with Gasteiger partial charge in [-0.05, 0) is 31.1 Å². The van der Waals surface area contributed by atoms with Gasteiger partial charge in [-0.3, -0.25) is 4.84 Å². The Morgan fingerprint density at radius 3 is 2.79 bits per heavy atom. The van der Waals surface area contributed by atoms with Crippen molar-refractivity contribution in [3.8, 4) is 0 Å². The maximum absolute atomic E-state index is 14.2. The van der Waals surface area contributed by atoms with E-state index in [0.717, 1.165) is 6.07 Å². The van der Waals surface area contributed by atoms with Crippen molar-refractivity contribution in [2.75, 3.05) is 33.4 Å². The number of benzene rings is 1. The summed E-state index contributed by atoms with van der Waals surface area (Å²) >= 11 is 0. The summed E-state index contributed by atoms with van der Waals surface area (Å²) in [4.78, 5) is 6.84. The Hall–Kier alpha value is -1.70. The molecule has 1 aromatic carbocycles. The second-order valence-corrected chi connectivity index (χ2v) is 5.82. The highest BCUT2D eigenvalue weighted by Crippen LogP contribution is 2.31. The Morgan fingerprint density at radius 1 is 1.29 bits per heavy atom. The molecule has 1 saturated heterocycles. The Bertz CT molecular complexity index is 557. The van der Waals surface area contributed by atoms with Gasteiger partial charge < -0.3 is 14.4 Å². The van der Waals surface area contributed by atoms with E-state index in [2.05, 4.69) is 6.58 Å². The molecule has 1 aromatic rings. The first-order chi connectivity index (χ1) is 11.6. The van der Waals surface area contributed by atoms with Gasteiger partial charge in [-0.2, -0.15) is 0 Å². The van der Waals surface area contributed by atoms with Gasteiger partial charge in [0.05, 0.1) is 12.7 Å². The fourth-order valence-electron chi connectivity index (χ4n) is 2.89. The molecular formula is C17H24F2N2O3. The quantitative estimate of drug-likeness (QED) is 0.469. The van der Waals surface area contributed by atoms with Crippen LogP contribution in [0.1, 0.15) is 24.3 Å². The molecule has 0 aromatic heterocycles. The summed E-state index contributed by atoms with van der Waals surface area (Å²) in [6.07, 6.45) is 1.04. The number of ether oxygens (including phenoxy) is 2. The predicted molar refractivity (Wildman–Crippen MR) is 85.9 cm³/mol. The maximum atomic E-state index is 14.2. The van der Waals surface area contributed by atoms with E-state index in [1.54, 1.807) is 13.2 Å². The van der Waals surface area contributed by atoms with Gasteiger partial charge in [-0.15, -0.1) is 0 Å². The van der Waals surface area contributed by atoms with Crippen molar-refractivity contribution < 1.29 is 23.1 Å². The number of nitrogens with two attached hydrogens (primary N) is 1. The van der Waals surface area contributed by atoms with E-state index in [9.17, 15) is 8.78 Å². The van der Waals surface area contributed by atoms with Crippen LogP contribution in [0.2, 0.25) is 0 Å². The highest BCUT2D eigenvalue weighted by atomic mass is 19.2. The molecule has 0 spiro atoms. The summed E-state index contributed by atoms with van der Waals surface area (Å²) in [5, 5.41) is 0. The zero-order chi connectivity index (χ0) is 17.5. The molecule has 0 aliphatic carbocycles. The van der Waals surface area contributed by atoms with Crippen molar-refractivity contribution in [2.45, 2.75) is 24.9 Å². The van der Waals surface area contributed by atoms with E-state index in [4.69, 9.17) is 20.2 Å². The van der Waals surface area contributed by atoms with Crippen LogP contribution in [0.3, 0.4) is 0 Å². The van der Waals surface area contributed by atoms with Crippen LogP contribution >= 0.6 is 0 Å². The maximum Gasteiger partial charge on any atom is 0.181 e. The van der Waals surface area contributed by atoms with Crippen LogP contribution in [0.5, 0.6) is 0 Å². The normalized spacial score (nSPS) is 21.4. The number of halogens is 2. The van der Waals surface area contributed by atoms with Crippen molar-refractivity contribution in [1.29, 1.82) is 0 Å². The molecule has 7 heteroatoms. The number of likely N-dealkylation sites (tertiary alicyclic amines) is 1. The molecule has 5 nitrogen and oxygen atoms in total. The lowest BCUT2D eigenvalue weighted by Crippen LogP contribution is -2.35. The van der Waals surface area contributed by atoms with Gasteiger partial charge in [-0.1, -0.05) is 12.1 Å². The molecule has 1 fully saturated rings. The largest absolute Gasteiger partial charge is 0.477 e. The van der Waals surface area contributed by atoms with E-state index < -0.39 is 11.6 Å². The summed E-state index contributed by atoms with van der Waals surface area (Å²) < 4.78 is 38.2. The van der Waals surface area contributed by atoms with E-state index in [1.165, 1.54) is 6.07 Å². The van der Waals surface area contributed by atoms with Crippen molar-refractivity contribution in [3.63, 3.8) is 0 Å². The minimum absolute atomic E-state index is 0.205. The lowest BCUT2D eigenvalue weighted by atomic mass is 9.93. The lowest BCUT2D eigenvalue weighted by Gasteiger charge is -2.29. The fraction of sp³-hybridized carbons (Fsp3) is 0.529. The number of hydrogen-bond donors (Lipinski definition) is 1. The van der Waals surface area contributed by atoms with Crippen molar-refractivity contribution in [1.82, 2.24) is 4.90 Å². The van der Waals surface area contributed by atoms with Gasteiger partial charge in [0.25, 0.3) is 0 Å². The molecule has 0 radical (unpaired) electrons. The van der Waals surface area contributed by atoms with Gasteiger partial charge >= 0.3 is 0 Å². The monoisotopic (exact) mass is 342 g/mol. The third kappa shape index (κ3) is 4.66. The first-order valence-electron chi connectivity index (χ1n) is 7.91. The molecule has 2 rings (SSSR count). The highest BCUT2D eigenvalue weighted by Gasteiger charge is 2.28. The van der Waals surface area contributed by atoms with Gasteiger partial charge in [-0.25, -0.2) is 14.7 Å². The van der Waals surface area contributed by atoms with E-state index in [0.29, 0.717) is 50.6 Å². The average molecular weight is 342 g/mol. The number of hydrogen-bond acceptors (Lipinski definition) is 5. The van der Waals surface area contributed by atoms with Crippen LogP contribution < -0.4 is 5.90 Å². The van der Waals surface area contributed by atoms with Crippen LogP contribution in [0.15, 0.2) is 30.7 Å². The summed E-state index contributed by atoms with van der Waals surface area (Å²) in [7, 11) is 1.58. The highest BCUT2D eigenvalue weighted by molar-refractivity contribution is 5.24. The summed E-state index contributed by atoms with van der Waals surface area (Å²) in [6, 6.07) is 4.25. The van der Waals surface area contributed by atoms with Crippen molar-refractivity contribution in [2.24, 2.45) is 5.90 Å². The van der Waals surface area contributed by atoms with Gasteiger partial charge in [0.1, 0.15) is 6.61 Å². The molecule has 2 N–H and O–H groups in total. The zero-order valence-electron chi connectivity index (χ0n) is 13.8. The topological polar surface area (TPSA) is 57.0 Å². The molecule has 24 heavy (non-hydrogen) atoms. The van der Waals surface area contributed by atoms with Crippen molar-refractivity contribution in [3.05, 3.63) is 47.9 Å². The molecule has 1 aliphatic heterocycles. The van der Waals surface area contributed by atoms with Crippen LogP contribution in [-0.2, 0) is 14.3 Å². The molecule has 134 valence electrons. The fourth-order valence-corrected chi connectivity index (χ4v) is 2.89. The molecule has 0 unspecified atom stereocenters. The lowest BCUT2D eigenvalue weighted by molar-refractivity contribution is 0.0124. The average Bonchev–Trinajstić information content (AvgIpc) is 2.80. The molecular weight excluding hydrogens is 318 g/mol. The summed E-state index contributed by atoms with van der Waals surface area (Å²) in [5.41, 5.74) is 0.349. The Balaban J connectivity index is 2.15. The predicted octanol–water partition coefficient (Wildman–Crippen LogP) is 2.54. The summed E-state index contributed by atoms with van der Waals surface area (Å²) in [5.74, 6) is 3.93. The Kier molecular flexibility index (Phi) is 6.96. The van der Waals surface area contributed by atoms with E-state index in [-0.39, 0.29) is 12.0 Å². The molecule has 0 saturated carbocycles. The van der Waals surface area contributed by atoms with Crippen LogP contribution in [0, 0.1) is 11.6 Å². The molecule has 0 bridgehead atoms. The van der Waals surface area contributed by atoms with Crippen LogP contribution in [0.25, 0.3) is 0 Å². The Morgan fingerprint density at radius 2 is 2.08 bits per heavy atom. The number of rotatable bonds is 7. The van der Waals surface area contributed by atoms with Crippen LogP contribution in [-0.4, -0.2) is 44.4 Å². The second-order valence-electron chi connectivity index (χ2n) is 5.82. The van der Waals surface area contributed by atoms with E-state index >= 15 is 0 Å². The van der Waals surface area contributed by atoms with Gasteiger partial charge in [0.2, 0.25) is 0 Å². The van der Waals surface area contributed by atoms with E-state index in [1.807, 2.05) is 4.90 Å². The molecule has 1 aliphatic rings. The second kappa shape index (κ2) is 8.96. The van der Waals surface area contributed by atoms with Gasteiger partial charge in [0.15, 0.2) is 17.5 Å².